The Morgan fingerprint density at radius 2 is 1.93 bits per heavy atom. The van der Waals surface area contributed by atoms with Crippen molar-refractivity contribution in [2.45, 2.75) is 19.3 Å². The number of carbonyl (C=O) groups is 1. The molecule has 140 valence electrons. The second kappa shape index (κ2) is 6.76. The Labute approximate surface area is 165 Å². The van der Waals surface area contributed by atoms with E-state index >= 15 is 0 Å². The first kappa shape index (κ1) is 16.9. The predicted molar refractivity (Wildman–Crippen MR) is 110 cm³/mol. The third kappa shape index (κ3) is 2.84. The normalized spacial score (nSPS) is 13.5. The summed E-state index contributed by atoms with van der Waals surface area (Å²) in [5.41, 5.74) is 3.42. The van der Waals surface area contributed by atoms with Gasteiger partial charge in [0.25, 0.3) is 0 Å². The number of anilines is 2. The van der Waals surface area contributed by atoms with Crippen molar-refractivity contribution in [1.29, 1.82) is 0 Å². The molecule has 5 rings (SSSR count). The maximum Gasteiger partial charge on any atom is 0.211 e. The lowest BCUT2D eigenvalue weighted by molar-refractivity contribution is 0.0973. The van der Waals surface area contributed by atoms with Crippen molar-refractivity contribution < 1.29 is 9.53 Å². The Kier molecular flexibility index (Phi) is 4.09. The Morgan fingerprint density at radius 1 is 1.11 bits per heavy atom. The molecule has 0 atom stereocenters. The van der Waals surface area contributed by atoms with E-state index < -0.39 is 0 Å². The second-order valence-electron chi connectivity index (χ2n) is 6.68. The lowest BCUT2D eigenvalue weighted by Gasteiger charge is -2.12. The number of Topliss-reactive ketones (excluding diaryl/α,β-unsaturated/α-hetero) is 1. The van der Waals surface area contributed by atoms with Crippen LogP contribution in [0.3, 0.4) is 0 Å². The summed E-state index contributed by atoms with van der Waals surface area (Å²) in [6.45, 7) is 0. The Balaban J connectivity index is 1.60. The van der Waals surface area contributed by atoms with Crippen molar-refractivity contribution in [3.8, 4) is 10.9 Å². The van der Waals surface area contributed by atoms with Gasteiger partial charge in [-0.3, -0.25) is 4.79 Å². The van der Waals surface area contributed by atoms with Crippen LogP contribution in [0.4, 0.5) is 11.5 Å². The highest BCUT2D eigenvalue weighted by atomic mass is 32.1. The highest BCUT2D eigenvalue weighted by Crippen LogP contribution is 2.34. The molecule has 0 saturated carbocycles. The van der Waals surface area contributed by atoms with Gasteiger partial charge in [0.1, 0.15) is 5.75 Å². The molecule has 0 spiro atoms. The number of benzene rings is 2. The van der Waals surface area contributed by atoms with Gasteiger partial charge in [-0.2, -0.15) is 0 Å². The third-order valence-corrected chi connectivity index (χ3v) is 5.91. The summed E-state index contributed by atoms with van der Waals surface area (Å²) in [5.74, 6) is 1.50. The number of aromatic nitrogens is 3. The van der Waals surface area contributed by atoms with Gasteiger partial charge in [0.15, 0.2) is 11.6 Å². The summed E-state index contributed by atoms with van der Waals surface area (Å²) in [4.78, 5) is 17.4. The molecule has 28 heavy (non-hydrogen) atoms. The first-order chi connectivity index (χ1) is 13.7. The van der Waals surface area contributed by atoms with E-state index in [9.17, 15) is 4.79 Å². The number of nitrogens with zero attached hydrogens (tertiary/aromatic N) is 3. The zero-order valence-corrected chi connectivity index (χ0v) is 16.1. The molecule has 0 amide bonds. The topological polar surface area (TPSA) is 69.0 Å². The van der Waals surface area contributed by atoms with Crippen molar-refractivity contribution >= 4 is 38.8 Å². The Bertz CT molecular complexity index is 1140. The summed E-state index contributed by atoms with van der Waals surface area (Å²) >= 11 is 1.58. The molecule has 2 heterocycles. The van der Waals surface area contributed by atoms with E-state index in [0.29, 0.717) is 17.8 Å². The van der Waals surface area contributed by atoms with Crippen molar-refractivity contribution in [2.75, 3.05) is 12.4 Å². The minimum absolute atomic E-state index is 0.129. The van der Waals surface area contributed by atoms with E-state index in [1.807, 2.05) is 53.2 Å². The van der Waals surface area contributed by atoms with E-state index in [0.717, 1.165) is 45.3 Å². The SMILES string of the molecule is COc1ccc(Nc2nn(-c3nc4ccccc4s3)c3c2C(=O)CCC3)cc1. The smallest absolute Gasteiger partial charge is 0.211 e. The monoisotopic (exact) mass is 390 g/mol. The average molecular weight is 390 g/mol. The predicted octanol–water partition coefficient (Wildman–Crippen LogP) is 4.75. The van der Waals surface area contributed by atoms with E-state index in [1.54, 1.807) is 18.4 Å². The van der Waals surface area contributed by atoms with Gasteiger partial charge in [-0.1, -0.05) is 23.5 Å². The van der Waals surface area contributed by atoms with Crippen LogP contribution in [0.1, 0.15) is 28.9 Å². The molecule has 1 aliphatic carbocycles. The number of ether oxygens (including phenoxy) is 1. The molecule has 4 aromatic rings. The zero-order chi connectivity index (χ0) is 19.1. The van der Waals surface area contributed by atoms with Crippen LogP contribution in [0, 0.1) is 0 Å². The molecule has 1 aliphatic rings. The number of para-hydroxylation sites is 1. The highest BCUT2D eigenvalue weighted by Gasteiger charge is 2.28. The Hall–Kier alpha value is -3.19. The minimum atomic E-state index is 0.129. The maximum atomic E-state index is 12.7. The number of carbonyl (C=O) groups excluding carboxylic acids is 1. The van der Waals surface area contributed by atoms with Gasteiger partial charge in [0, 0.05) is 12.1 Å². The summed E-state index contributed by atoms with van der Waals surface area (Å²) in [7, 11) is 1.64. The maximum absolute atomic E-state index is 12.7. The number of hydrogen-bond donors (Lipinski definition) is 1. The van der Waals surface area contributed by atoms with Crippen LogP contribution in [0.2, 0.25) is 0 Å². The lowest BCUT2D eigenvalue weighted by atomic mass is 9.96. The standard InChI is InChI=1S/C21H18N4O2S/c1-27-14-11-9-13(10-12-14)22-20-19-16(6-4-7-17(19)26)25(24-20)21-23-15-5-2-3-8-18(15)28-21/h2-3,5,8-12H,4,6-7H2,1H3,(H,22,24). The van der Waals surface area contributed by atoms with Crippen LogP contribution in [0.25, 0.3) is 15.3 Å². The fourth-order valence-electron chi connectivity index (χ4n) is 3.53. The molecule has 7 heteroatoms. The minimum Gasteiger partial charge on any atom is -0.497 e. The molecule has 2 aromatic heterocycles. The highest BCUT2D eigenvalue weighted by molar-refractivity contribution is 7.20. The number of hydrogen-bond acceptors (Lipinski definition) is 6. The lowest BCUT2D eigenvalue weighted by Crippen LogP contribution is -2.13. The van der Waals surface area contributed by atoms with Crippen LogP contribution in [-0.4, -0.2) is 27.7 Å². The van der Waals surface area contributed by atoms with Crippen molar-refractivity contribution in [3.63, 3.8) is 0 Å². The third-order valence-electron chi connectivity index (χ3n) is 4.89. The molecule has 0 bridgehead atoms. The molecule has 2 aromatic carbocycles. The van der Waals surface area contributed by atoms with Gasteiger partial charge in [-0.05, 0) is 49.2 Å². The fraction of sp³-hybridized carbons (Fsp3) is 0.190. The molecule has 0 radical (unpaired) electrons. The number of rotatable bonds is 4. The second-order valence-corrected chi connectivity index (χ2v) is 7.69. The quantitative estimate of drug-likeness (QED) is 0.544. The van der Waals surface area contributed by atoms with E-state index in [1.165, 1.54) is 0 Å². The summed E-state index contributed by atoms with van der Waals surface area (Å²) in [6.07, 6.45) is 2.20. The summed E-state index contributed by atoms with van der Waals surface area (Å²) in [5, 5.41) is 8.84. The number of fused-ring (bicyclic) bond motifs is 2. The largest absolute Gasteiger partial charge is 0.497 e. The van der Waals surface area contributed by atoms with Gasteiger partial charge in [-0.15, -0.1) is 5.10 Å². The van der Waals surface area contributed by atoms with E-state index in [-0.39, 0.29) is 5.78 Å². The first-order valence-corrected chi connectivity index (χ1v) is 9.97. The molecule has 0 saturated heterocycles. The molecule has 6 nitrogen and oxygen atoms in total. The first-order valence-electron chi connectivity index (χ1n) is 9.15. The average Bonchev–Trinajstić information content (AvgIpc) is 3.31. The summed E-state index contributed by atoms with van der Waals surface area (Å²) in [6, 6.07) is 15.6. The van der Waals surface area contributed by atoms with E-state index in [2.05, 4.69) is 5.32 Å². The fourth-order valence-corrected chi connectivity index (χ4v) is 4.47. The van der Waals surface area contributed by atoms with Gasteiger partial charge in [0.05, 0.1) is 28.6 Å². The van der Waals surface area contributed by atoms with Gasteiger partial charge < -0.3 is 10.1 Å². The van der Waals surface area contributed by atoms with Gasteiger partial charge >= 0.3 is 0 Å². The number of thiazole rings is 1. The van der Waals surface area contributed by atoms with Crippen molar-refractivity contribution in [3.05, 3.63) is 59.8 Å². The van der Waals surface area contributed by atoms with Crippen LogP contribution in [-0.2, 0) is 6.42 Å². The number of ketones is 1. The number of methoxy groups -OCH3 is 1. The molecule has 0 unspecified atom stereocenters. The Morgan fingerprint density at radius 3 is 2.71 bits per heavy atom. The van der Waals surface area contributed by atoms with Crippen LogP contribution >= 0.6 is 11.3 Å². The molecule has 0 aliphatic heterocycles. The van der Waals surface area contributed by atoms with Gasteiger partial charge in [0.2, 0.25) is 5.13 Å². The summed E-state index contributed by atoms with van der Waals surface area (Å²) < 4.78 is 8.15. The molecule has 1 N–H and O–H groups in total. The van der Waals surface area contributed by atoms with Crippen molar-refractivity contribution in [2.24, 2.45) is 0 Å². The van der Waals surface area contributed by atoms with Crippen molar-refractivity contribution in [1.82, 2.24) is 14.8 Å². The van der Waals surface area contributed by atoms with E-state index in [4.69, 9.17) is 14.8 Å². The van der Waals surface area contributed by atoms with Crippen LogP contribution in [0.15, 0.2) is 48.5 Å². The molecular weight excluding hydrogens is 372 g/mol. The zero-order valence-electron chi connectivity index (χ0n) is 15.3. The van der Waals surface area contributed by atoms with Crippen LogP contribution < -0.4 is 10.1 Å². The van der Waals surface area contributed by atoms with Gasteiger partial charge in [-0.25, -0.2) is 9.67 Å². The van der Waals surface area contributed by atoms with Crippen LogP contribution in [0.5, 0.6) is 5.75 Å². The number of nitrogens with one attached hydrogen (secondary N) is 1. The molecule has 0 fully saturated rings. The molecular formula is C21H18N4O2S.